The quantitative estimate of drug-likeness (QED) is 0.517. The fraction of sp³-hybridized carbons (Fsp3) is 0. The predicted molar refractivity (Wildman–Crippen MR) is 26.9 cm³/mol. The maximum absolute atomic E-state index is 4.85. The van der Waals surface area contributed by atoms with Crippen molar-refractivity contribution in [3.8, 4) is 11.8 Å². The van der Waals surface area contributed by atoms with Crippen molar-refractivity contribution in [2.24, 2.45) is 0 Å². The molecule has 0 bridgehead atoms. The van der Waals surface area contributed by atoms with Gasteiger partial charge in [-0.05, 0) is 0 Å². The van der Waals surface area contributed by atoms with Gasteiger partial charge in [-0.25, -0.2) is 0 Å². The van der Waals surface area contributed by atoms with Crippen LogP contribution in [0.1, 0.15) is 0 Å². The van der Waals surface area contributed by atoms with Crippen LogP contribution >= 0.6 is 0 Å². The highest BCUT2D eigenvalue weighted by molar-refractivity contribution is 5.24. The largest absolute Gasteiger partial charge is 0.438 e. The Morgan fingerprint density at radius 3 is 3.00 bits per heavy atom. The molecule has 1 aromatic rings. The van der Waals surface area contributed by atoms with E-state index in [0.29, 0.717) is 11.8 Å². The first-order valence-electron chi connectivity index (χ1n) is 2.38. The molecule has 0 radical (unpaired) electrons. The van der Waals surface area contributed by atoms with Crippen molar-refractivity contribution in [3.05, 3.63) is 18.9 Å². The first-order chi connectivity index (χ1) is 4.47. The van der Waals surface area contributed by atoms with Gasteiger partial charge in [-0.1, -0.05) is 0 Å². The number of ether oxygens (including phenoxy) is 2. The van der Waals surface area contributed by atoms with Gasteiger partial charge >= 0.3 is 11.8 Å². The topological polar surface area (TPSA) is 44.5 Å². The van der Waals surface area contributed by atoms with Crippen LogP contribution in [-0.4, -0.2) is 4.98 Å². The lowest BCUT2D eigenvalue weighted by atomic mass is 10.7. The molecular formula is C5H3NO3. The van der Waals surface area contributed by atoms with Crippen LogP contribution in [0.25, 0.3) is 0 Å². The molecule has 4 heteroatoms. The second kappa shape index (κ2) is 1.51. The van der Waals surface area contributed by atoms with E-state index in [1.807, 2.05) is 0 Å². The summed E-state index contributed by atoms with van der Waals surface area (Å²) in [5.74, 6) is 0.676. The van der Waals surface area contributed by atoms with Crippen molar-refractivity contribution in [2.75, 3.05) is 0 Å². The van der Waals surface area contributed by atoms with Crippen molar-refractivity contribution in [3.63, 3.8) is 0 Å². The highest BCUT2D eigenvalue weighted by Gasteiger charge is 2.11. The summed E-state index contributed by atoms with van der Waals surface area (Å²) < 4.78 is 14.4. The Kier molecular flexibility index (Phi) is 0.745. The van der Waals surface area contributed by atoms with Gasteiger partial charge in [0.1, 0.15) is 12.5 Å². The van der Waals surface area contributed by atoms with E-state index in [1.54, 1.807) is 0 Å². The summed E-state index contributed by atoms with van der Waals surface area (Å²) in [5.41, 5.74) is 0. The van der Waals surface area contributed by atoms with E-state index in [-0.39, 0.29) is 0 Å². The number of hydrogen-bond donors (Lipinski definition) is 0. The normalized spacial score (nSPS) is 13.8. The molecule has 0 saturated carbocycles. The molecule has 1 aliphatic rings. The molecule has 0 fully saturated rings. The summed E-state index contributed by atoms with van der Waals surface area (Å²) in [5, 5.41) is 0. The Bertz CT molecular complexity index is 218. The molecule has 9 heavy (non-hydrogen) atoms. The second-order valence-electron chi connectivity index (χ2n) is 1.45. The highest BCUT2D eigenvalue weighted by Crippen LogP contribution is 2.27. The zero-order valence-corrected chi connectivity index (χ0v) is 4.40. The number of rotatable bonds is 0. The minimum atomic E-state index is 0.303. The van der Waals surface area contributed by atoms with Gasteiger partial charge in [0.2, 0.25) is 0 Å². The molecule has 0 atom stereocenters. The highest BCUT2D eigenvalue weighted by atomic mass is 16.6. The summed E-state index contributed by atoms with van der Waals surface area (Å²) in [6.07, 6.45) is 4.04. The molecule has 0 amide bonds. The molecule has 4 nitrogen and oxygen atoms in total. The number of nitrogens with zero attached hydrogens (tertiary/aromatic N) is 1. The van der Waals surface area contributed by atoms with Gasteiger partial charge in [-0.15, -0.1) is 0 Å². The molecule has 1 aromatic heterocycles. The van der Waals surface area contributed by atoms with E-state index in [4.69, 9.17) is 13.9 Å². The van der Waals surface area contributed by atoms with Gasteiger partial charge in [0.25, 0.3) is 0 Å². The van der Waals surface area contributed by atoms with E-state index in [0.717, 1.165) is 0 Å². The fourth-order valence-electron chi connectivity index (χ4n) is 0.564. The van der Waals surface area contributed by atoms with Crippen LogP contribution in [0.3, 0.4) is 0 Å². The Labute approximate surface area is 50.7 Å². The zero-order valence-electron chi connectivity index (χ0n) is 4.40. The minimum Gasteiger partial charge on any atom is -0.438 e. The monoisotopic (exact) mass is 125 g/mol. The average molecular weight is 125 g/mol. The lowest BCUT2D eigenvalue weighted by Crippen LogP contribution is -1.93. The van der Waals surface area contributed by atoms with E-state index in [2.05, 4.69) is 4.98 Å². The summed E-state index contributed by atoms with van der Waals surface area (Å²) in [6.45, 7) is 0. The molecule has 0 saturated heterocycles. The maximum Gasteiger partial charge on any atom is 0.356 e. The lowest BCUT2D eigenvalue weighted by Gasteiger charge is -2.01. The van der Waals surface area contributed by atoms with Crippen molar-refractivity contribution in [1.29, 1.82) is 0 Å². The SMILES string of the molecule is C1=COc2ocnc2O1. The van der Waals surface area contributed by atoms with Crippen LogP contribution in [0.15, 0.2) is 23.3 Å². The Balaban J connectivity index is 2.46. The van der Waals surface area contributed by atoms with Crippen molar-refractivity contribution in [2.45, 2.75) is 0 Å². The third-order valence-corrected chi connectivity index (χ3v) is 0.915. The molecule has 46 valence electrons. The lowest BCUT2D eigenvalue weighted by molar-refractivity contribution is 0.287. The molecule has 0 aromatic carbocycles. The molecular weight excluding hydrogens is 122 g/mol. The van der Waals surface area contributed by atoms with Crippen molar-refractivity contribution >= 4 is 0 Å². The van der Waals surface area contributed by atoms with Gasteiger partial charge < -0.3 is 13.9 Å². The summed E-state index contributed by atoms with van der Waals surface area (Å²) in [6, 6.07) is 0. The van der Waals surface area contributed by atoms with Crippen LogP contribution in [0.2, 0.25) is 0 Å². The predicted octanol–water partition coefficient (Wildman–Crippen LogP) is 0.917. The van der Waals surface area contributed by atoms with Gasteiger partial charge in [0.15, 0.2) is 6.39 Å². The molecule has 2 rings (SSSR count). The minimum absolute atomic E-state index is 0.303. The van der Waals surface area contributed by atoms with E-state index < -0.39 is 0 Å². The number of fused-ring (bicyclic) bond motifs is 1. The smallest absolute Gasteiger partial charge is 0.356 e. The molecule has 0 N–H and O–H groups in total. The Hall–Kier alpha value is -1.45. The third-order valence-electron chi connectivity index (χ3n) is 0.915. The van der Waals surface area contributed by atoms with E-state index in [9.17, 15) is 0 Å². The average Bonchev–Trinajstić information content (AvgIpc) is 2.33. The zero-order chi connectivity index (χ0) is 6.10. The number of hydrogen-bond acceptors (Lipinski definition) is 4. The number of oxazole rings is 1. The Morgan fingerprint density at radius 1 is 1.22 bits per heavy atom. The molecule has 0 spiro atoms. The fourth-order valence-corrected chi connectivity index (χ4v) is 0.564. The third kappa shape index (κ3) is 0.561. The number of aromatic nitrogens is 1. The first kappa shape index (κ1) is 4.43. The van der Waals surface area contributed by atoms with Crippen LogP contribution < -0.4 is 9.47 Å². The standard InChI is InChI=1S/C5H3NO3/c1-2-8-5-4(7-1)6-3-9-5/h1-3H. The van der Waals surface area contributed by atoms with Crippen LogP contribution in [0, 0.1) is 0 Å². The van der Waals surface area contributed by atoms with Crippen LogP contribution in [-0.2, 0) is 0 Å². The summed E-state index contributed by atoms with van der Waals surface area (Å²) >= 11 is 0. The first-order valence-corrected chi connectivity index (χ1v) is 2.38. The van der Waals surface area contributed by atoms with Crippen molar-refractivity contribution in [1.82, 2.24) is 4.98 Å². The molecule has 2 heterocycles. The van der Waals surface area contributed by atoms with Crippen molar-refractivity contribution < 1.29 is 13.9 Å². The molecule has 0 aliphatic carbocycles. The summed E-state index contributed by atoms with van der Waals surface area (Å²) in [7, 11) is 0. The van der Waals surface area contributed by atoms with Gasteiger partial charge in [0, 0.05) is 0 Å². The summed E-state index contributed by atoms with van der Waals surface area (Å²) in [4.78, 5) is 3.69. The molecule has 1 aliphatic heterocycles. The van der Waals surface area contributed by atoms with Crippen LogP contribution in [0.5, 0.6) is 11.8 Å². The molecule has 0 unspecified atom stereocenters. The van der Waals surface area contributed by atoms with Crippen LogP contribution in [0.4, 0.5) is 0 Å². The van der Waals surface area contributed by atoms with Gasteiger partial charge in [-0.2, -0.15) is 4.98 Å². The second-order valence-corrected chi connectivity index (χ2v) is 1.45. The maximum atomic E-state index is 4.85. The Morgan fingerprint density at radius 2 is 2.11 bits per heavy atom. The van der Waals surface area contributed by atoms with Gasteiger partial charge in [-0.3, -0.25) is 0 Å². The van der Waals surface area contributed by atoms with E-state index >= 15 is 0 Å². The van der Waals surface area contributed by atoms with E-state index in [1.165, 1.54) is 18.9 Å². The van der Waals surface area contributed by atoms with Gasteiger partial charge in [0.05, 0.1) is 0 Å².